The van der Waals surface area contributed by atoms with Crippen molar-refractivity contribution in [2.75, 3.05) is 0 Å². The van der Waals surface area contributed by atoms with Gasteiger partial charge in [0.05, 0.1) is 6.10 Å². The zero-order valence-electron chi connectivity index (χ0n) is 7.71. The van der Waals surface area contributed by atoms with Crippen molar-refractivity contribution >= 4 is 5.78 Å². The number of ketones is 1. The van der Waals surface area contributed by atoms with Gasteiger partial charge in [-0.15, -0.1) is 0 Å². The summed E-state index contributed by atoms with van der Waals surface area (Å²) in [6.07, 6.45) is -0.00407. The topological polar surface area (TPSA) is 37.3 Å². The Kier molecular flexibility index (Phi) is 0.602. The van der Waals surface area contributed by atoms with Crippen LogP contribution in [0.1, 0.15) is 0 Å². The second kappa shape index (κ2) is 1.35. The summed E-state index contributed by atoms with van der Waals surface area (Å²) in [5, 5.41) is 10.2. The van der Waals surface area contributed by atoms with Crippen molar-refractivity contribution in [2.24, 2.45) is 59.2 Å². The van der Waals surface area contributed by atoms with Crippen LogP contribution >= 0.6 is 0 Å². The molecule has 0 spiro atoms. The summed E-state index contributed by atoms with van der Waals surface area (Å²) in [7, 11) is 0. The highest BCUT2D eigenvalue weighted by molar-refractivity contribution is 5.92. The summed E-state index contributed by atoms with van der Waals surface area (Å²) in [4.78, 5) is 12.1. The second-order valence-corrected chi connectivity index (χ2v) is 6.56. The third-order valence-electron chi connectivity index (χ3n) is 7.10. The number of carbonyl (C=O) groups excluding carboxylic acids is 1. The number of hydrogen-bond donors (Lipinski definition) is 1. The summed E-state index contributed by atoms with van der Waals surface area (Å²) in [6.45, 7) is 0. The van der Waals surface area contributed by atoms with E-state index in [0.29, 0.717) is 41.3 Å². The number of aliphatic hydroxyl groups is 1. The average Bonchev–Trinajstić information content (AvgIpc) is 2.74. The van der Waals surface area contributed by atoms with Crippen LogP contribution in [0.3, 0.4) is 0 Å². The van der Waals surface area contributed by atoms with Gasteiger partial charge in [0, 0.05) is 11.8 Å². The van der Waals surface area contributed by atoms with E-state index in [9.17, 15) is 9.90 Å². The van der Waals surface area contributed by atoms with Crippen LogP contribution in [0.5, 0.6) is 0 Å². The van der Waals surface area contributed by atoms with E-state index in [2.05, 4.69) is 0 Å². The Morgan fingerprint density at radius 3 is 1.64 bits per heavy atom. The van der Waals surface area contributed by atoms with Gasteiger partial charge in [0.25, 0.3) is 0 Å². The fraction of sp³-hybridized carbons (Fsp3) is 0.917. The lowest BCUT2D eigenvalue weighted by Gasteiger charge is -2.43. The molecule has 10 atom stereocenters. The Labute approximate surface area is 81.7 Å². The number of rotatable bonds is 0. The summed E-state index contributed by atoms with van der Waals surface area (Å²) in [5.41, 5.74) is 0. The first-order valence-corrected chi connectivity index (χ1v) is 6.04. The van der Waals surface area contributed by atoms with Gasteiger partial charge in [-0.2, -0.15) is 0 Å². The van der Waals surface area contributed by atoms with E-state index in [1.165, 1.54) is 0 Å². The molecule has 2 heteroatoms. The van der Waals surface area contributed by atoms with E-state index in [1.807, 2.05) is 0 Å². The van der Waals surface area contributed by atoms with E-state index in [1.54, 1.807) is 0 Å². The van der Waals surface area contributed by atoms with Crippen LogP contribution < -0.4 is 0 Å². The van der Waals surface area contributed by atoms with Gasteiger partial charge in [0.2, 0.25) is 0 Å². The Morgan fingerprint density at radius 1 is 0.714 bits per heavy atom. The Bertz CT molecular complexity index is 381. The molecule has 7 saturated carbocycles. The Morgan fingerprint density at radius 2 is 1.14 bits per heavy atom. The van der Waals surface area contributed by atoms with E-state index < -0.39 is 0 Å². The van der Waals surface area contributed by atoms with Gasteiger partial charge in [-0.05, 0) is 47.3 Å². The molecule has 0 radical (unpaired) electrons. The monoisotopic (exact) mass is 188 g/mol. The predicted octanol–water partition coefficient (Wildman–Crippen LogP) is 0.160. The summed E-state index contributed by atoms with van der Waals surface area (Å²) in [6, 6.07) is 0. The van der Waals surface area contributed by atoms with Crippen molar-refractivity contribution in [1.29, 1.82) is 0 Å². The van der Waals surface area contributed by atoms with Crippen LogP contribution in [-0.2, 0) is 4.79 Å². The van der Waals surface area contributed by atoms with Crippen LogP contribution in [-0.4, -0.2) is 17.0 Å². The van der Waals surface area contributed by atoms with Gasteiger partial charge in [-0.25, -0.2) is 0 Å². The van der Waals surface area contributed by atoms with Crippen LogP contribution in [0.25, 0.3) is 0 Å². The maximum Gasteiger partial charge on any atom is 0.140 e. The molecular weight excluding hydrogens is 176 g/mol. The third-order valence-corrected chi connectivity index (χ3v) is 7.10. The SMILES string of the molecule is O=C1C2C3C4C(O)C5C3C1C1C2C4C51. The standard InChI is InChI=1S/C12H12O2/c13-11-7-1-2-4-3(1)9(11)6-5(7)8(2)12(14)10(4)6/h1-11,13H. The molecule has 7 aliphatic rings. The van der Waals surface area contributed by atoms with Gasteiger partial charge in [0.1, 0.15) is 5.78 Å². The summed E-state index contributed by atoms with van der Waals surface area (Å²) < 4.78 is 0. The highest BCUT2D eigenvalue weighted by Gasteiger charge is 2.91. The van der Waals surface area contributed by atoms with E-state index in [0.717, 1.165) is 23.7 Å². The fourth-order valence-corrected chi connectivity index (χ4v) is 7.51. The molecule has 0 aromatic rings. The van der Waals surface area contributed by atoms with Crippen molar-refractivity contribution < 1.29 is 9.90 Å². The molecule has 14 heavy (non-hydrogen) atoms. The minimum absolute atomic E-state index is 0.00407. The molecular formula is C12H12O2. The maximum absolute atomic E-state index is 12.1. The highest BCUT2D eigenvalue weighted by Crippen LogP contribution is 2.89. The number of hydrogen-bond acceptors (Lipinski definition) is 2. The molecule has 0 saturated heterocycles. The molecule has 0 aromatic carbocycles. The first-order chi connectivity index (χ1) is 6.82. The lowest BCUT2D eigenvalue weighted by molar-refractivity contribution is -0.122. The first kappa shape index (κ1) is 6.26. The van der Waals surface area contributed by atoms with Crippen molar-refractivity contribution in [3.05, 3.63) is 0 Å². The number of Topliss-reactive ketones (excluding diaryl/α,β-unsaturated/α-hetero) is 1. The van der Waals surface area contributed by atoms with E-state index in [-0.39, 0.29) is 6.10 Å². The smallest absolute Gasteiger partial charge is 0.140 e. The van der Waals surface area contributed by atoms with Crippen LogP contribution in [0, 0.1) is 59.2 Å². The first-order valence-electron chi connectivity index (χ1n) is 6.04. The lowest BCUT2D eigenvalue weighted by Crippen LogP contribution is -2.41. The van der Waals surface area contributed by atoms with Gasteiger partial charge in [0.15, 0.2) is 0 Å². The van der Waals surface area contributed by atoms with Gasteiger partial charge < -0.3 is 5.11 Å². The van der Waals surface area contributed by atoms with Gasteiger partial charge in [-0.3, -0.25) is 4.79 Å². The molecule has 0 aromatic heterocycles. The second-order valence-electron chi connectivity index (χ2n) is 6.56. The van der Waals surface area contributed by atoms with Crippen molar-refractivity contribution in [2.45, 2.75) is 6.10 Å². The van der Waals surface area contributed by atoms with Crippen LogP contribution in [0.4, 0.5) is 0 Å². The van der Waals surface area contributed by atoms with Crippen molar-refractivity contribution in [3.8, 4) is 0 Å². The average molecular weight is 188 g/mol. The van der Waals surface area contributed by atoms with Crippen molar-refractivity contribution in [3.63, 3.8) is 0 Å². The van der Waals surface area contributed by atoms with Gasteiger partial charge >= 0.3 is 0 Å². The molecule has 2 nitrogen and oxygen atoms in total. The van der Waals surface area contributed by atoms with Crippen molar-refractivity contribution in [1.82, 2.24) is 0 Å². The molecule has 0 aliphatic heterocycles. The fourth-order valence-electron chi connectivity index (χ4n) is 7.51. The highest BCUT2D eigenvalue weighted by atomic mass is 16.3. The number of carbonyl (C=O) groups is 1. The molecule has 4 bridgehead atoms. The largest absolute Gasteiger partial charge is 0.393 e. The lowest BCUT2D eigenvalue weighted by atomic mass is 9.60. The molecule has 7 fully saturated rings. The molecule has 7 aliphatic carbocycles. The summed E-state index contributed by atoms with van der Waals surface area (Å²) in [5.74, 6) is 7.03. The molecule has 72 valence electrons. The molecule has 1 N–H and O–H groups in total. The molecule has 7 rings (SSSR count). The van der Waals surface area contributed by atoms with Crippen LogP contribution in [0.15, 0.2) is 0 Å². The normalized spacial score (nSPS) is 87.8. The maximum atomic E-state index is 12.1. The predicted molar refractivity (Wildman–Crippen MR) is 45.9 cm³/mol. The Balaban J connectivity index is 1.79. The van der Waals surface area contributed by atoms with E-state index >= 15 is 0 Å². The molecule has 0 heterocycles. The van der Waals surface area contributed by atoms with Gasteiger partial charge in [-0.1, -0.05) is 0 Å². The number of aliphatic hydroxyl groups excluding tert-OH is 1. The summed E-state index contributed by atoms with van der Waals surface area (Å²) >= 11 is 0. The molecule has 0 amide bonds. The molecule has 10 unspecified atom stereocenters. The Hall–Kier alpha value is -0.370. The van der Waals surface area contributed by atoms with E-state index in [4.69, 9.17) is 0 Å². The van der Waals surface area contributed by atoms with Crippen LogP contribution in [0.2, 0.25) is 0 Å². The quantitative estimate of drug-likeness (QED) is 0.588. The zero-order chi connectivity index (χ0) is 8.93. The zero-order valence-corrected chi connectivity index (χ0v) is 7.71. The minimum atomic E-state index is -0.00407. The minimum Gasteiger partial charge on any atom is -0.393 e. The third kappa shape index (κ3) is 0.287.